The normalized spacial score (nSPS) is 20.3. The number of ether oxygens (including phenoxy) is 2. The summed E-state index contributed by atoms with van der Waals surface area (Å²) < 4.78 is 10.5. The van der Waals surface area contributed by atoms with Crippen LogP contribution in [0.4, 0.5) is 0 Å². The molecular weight excluding hydrogens is 292 g/mol. The van der Waals surface area contributed by atoms with E-state index in [2.05, 4.69) is 16.0 Å². The first kappa shape index (κ1) is 16.0. The fourth-order valence-corrected chi connectivity index (χ4v) is 3.47. The Balaban J connectivity index is 1.73. The van der Waals surface area contributed by atoms with E-state index in [-0.39, 0.29) is 11.5 Å². The Kier molecular flexibility index (Phi) is 4.66. The van der Waals surface area contributed by atoms with Crippen LogP contribution in [0.2, 0.25) is 0 Å². The van der Waals surface area contributed by atoms with Gasteiger partial charge in [0.2, 0.25) is 5.88 Å². The largest absolute Gasteiger partial charge is 0.481 e. The molecule has 1 aliphatic heterocycles. The molecular formula is C18H24N2O3. The fraction of sp³-hybridized carbons (Fsp3) is 0.556. The smallest absolute Gasteiger partial charge is 0.326 e. The minimum atomic E-state index is -0.381. The van der Waals surface area contributed by atoms with Gasteiger partial charge in [0.1, 0.15) is 5.54 Å². The quantitative estimate of drug-likeness (QED) is 0.782. The van der Waals surface area contributed by atoms with Crippen LogP contribution in [0.1, 0.15) is 38.2 Å². The van der Waals surface area contributed by atoms with Crippen molar-refractivity contribution in [2.24, 2.45) is 0 Å². The van der Waals surface area contributed by atoms with Crippen molar-refractivity contribution in [2.45, 2.75) is 38.1 Å². The number of methoxy groups -OCH3 is 1. The van der Waals surface area contributed by atoms with Crippen molar-refractivity contribution in [2.75, 3.05) is 26.8 Å². The lowest BCUT2D eigenvalue weighted by Crippen LogP contribution is -2.60. The van der Waals surface area contributed by atoms with Crippen LogP contribution in [0.15, 0.2) is 24.4 Å². The van der Waals surface area contributed by atoms with E-state index in [4.69, 9.17) is 9.47 Å². The Bertz CT molecular complexity index is 608. The molecule has 3 rings (SSSR count). The number of pyridine rings is 1. The summed E-state index contributed by atoms with van der Waals surface area (Å²) in [6.45, 7) is 4.00. The summed E-state index contributed by atoms with van der Waals surface area (Å²) >= 11 is 0. The molecule has 0 unspecified atom stereocenters. The van der Waals surface area contributed by atoms with Crippen molar-refractivity contribution in [3.05, 3.63) is 30.0 Å². The molecule has 2 aliphatic rings. The van der Waals surface area contributed by atoms with Gasteiger partial charge in [-0.05, 0) is 49.8 Å². The molecule has 0 amide bonds. The number of carbonyl (C=O) groups excluding carboxylic acids is 1. The molecule has 0 aromatic carbocycles. The van der Waals surface area contributed by atoms with Gasteiger partial charge >= 0.3 is 5.97 Å². The van der Waals surface area contributed by atoms with E-state index in [0.717, 1.165) is 44.3 Å². The van der Waals surface area contributed by atoms with Gasteiger partial charge in [-0.3, -0.25) is 9.69 Å². The van der Waals surface area contributed by atoms with E-state index in [1.54, 1.807) is 13.3 Å². The molecule has 0 atom stereocenters. The highest BCUT2D eigenvalue weighted by molar-refractivity contribution is 5.82. The zero-order chi connectivity index (χ0) is 16.3. The molecule has 0 spiro atoms. The third-order valence-corrected chi connectivity index (χ3v) is 4.97. The first-order valence-electron chi connectivity index (χ1n) is 8.31. The summed E-state index contributed by atoms with van der Waals surface area (Å²) in [7, 11) is 1.63. The van der Waals surface area contributed by atoms with Gasteiger partial charge in [0.05, 0.1) is 13.7 Å². The predicted molar refractivity (Wildman–Crippen MR) is 88.2 cm³/mol. The summed E-state index contributed by atoms with van der Waals surface area (Å²) in [5, 5.41) is 0. The second-order valence-corrected chi connectivity index (χ2v) is 6.12. The Morgan fingerprint density at radius 1 is 1.43 bits per heavy atom. The number of rotatable bonds is 5. The van der Waals surface area contributed by atoms with Crippen molar-refractivity contribution in [3.8, 4) is 5.88 Å². The lowest BCUT2D eigenvalue weighted by Gasteiger charge is -2.48. The van der Waals surface area contributed by atoms with Crippen LogP contribution in [0.5, 0.6) is 5.88 Å². The molecule has 5 nitrogen and oxygen atoms in total. The van der Waals surface area contributed by atoms with Crippen molar-refractivity contribution in [3.63, 3.8) is 0 Å². The predicted octanol–water partition coefficient (Wildman–Crippen LogP) is 2.67. The lowest BCUT2D eigenvalue weighted by molar-refractivity contribution is -0.164. The number of carbonyl (C=O) groups is 1. The van der Waals surface area contributed by atoms with Gasteiger partial charge in [-0.15, -0.1) is 0 Å². The molecule has 2 heterocycles. The van der Waals surface area contributed by atoms with E-state index in [1.165, 1.54) is 5.57 Å². The van der Waals surface area contributed by atoms with Crippen molar-refractivity contribution in [1.82, 2.24) is 9.88 Å². The Labute approximate surface area is 137 Å². The Morgan fingerprint density at radius 3 is 2.83 bits per heavy atom. The maximum atomic E-state index is 12.4. The maximum absolute atomic E-state index is 12.4. The SMILES string of the molecule is CCOC(=O)C1(N2CC=C(c3ccnc(OC)c3)CC2)CCC1. The van der Waals surface area contributed by atoms with E-state index in [1.807, 2.05) is 19.1 Å². The van der Waals surface area contributed by atoms with Crippen LogP contribution in [0.25, 0.3) is 5.57 Å². The van der Waals surface area contributed by atoms with Crippen molar-refractivity contribution >= 4 is 11.5 Å². The van der Waals surface area contributed by atoms with Gasteiger partial charge in [0.15, 0.2) is 0 Å². The topological polar surface area (TPSA) is 51.7 Å². The van der Waals surface area contributed by atoms with Crippen LogP contribution in [0, 0.1) is 0 Å². The monoisotopic (exact) mass is 316 g/mol. The molecule has 1 fully saturated rings. The molecule has 1 saturated carbocycles. The van der Waals surface area contributed by atoms with Crippen molar-refractivity contribution in [1.29, 1.82) is 0 Å². The molecule has 0 bridgehead atoms. The molecule has 0 radical (unpaired) electrons. The van der Waals surface area contributed by atoms with Gasteiger partial charge < -0.3 is 9.47 Å². The van der Waals surface area contributed by atoms with Crippen LogP contribution in [-0.4, -0.2) is 48.2 Å². The second kappa shape index (κ2) is 6.71. The Hall–Kier alpha value is -1.88. The van der Waals surface area contributed by atoms with Crippen LogP contribution >= 0.6 is 0 Å². The zero-order valence-electron chi connectivity index (χ0n) is 13.9. The minimum absolute atomic E-state index is 0.0475. The number of hydrogen-bond acceptors (Lipinski definition) is 5. The summed E-state index contributed by atoms with van der Waals surface area (Å²) in [6.07, 6.45) is 7.85. The van der Waals surface area contributed by atoms with E-state index in [0.29, 0.717) is 12.5 Å². The molecule has 124 valence electrons. The van der Waals surface area contributed by atoms with Gasteiger partial charge in [-0.1, -0.05) is 6.08 Å². The van der Waals surface area contributed by atoms with Crippen LogP contribution < -0.4 is 4.74 Å². The highest BCUT2D eigenvalue weighted by Crippen LogP contribution is 2.41. The molecule has 1 aromatic heterocycles. The third kappa shape index (κ3) is 2.98. The lowest BCUT2D eigenvalue weighted by atomic mass is 9.74. The summed E-state index contributed by atoms with van der Waals surface area (Å²) in [5.41, 5.74) is 2.06. The molecule has 1 aromatic rings. The third-order valence-electron chi connectivity index (χ3n) is 4.97. The van der Waals surface area contributed by atoms with Crippen LogP contribution in [0.3, 0.4) is 0 Å². The maximum Gasteiger partial charge on any atom is 0.326 e. The molecule has 0 saturated heterocycles. The summed E-state index contributed by atoms with van der Waals surface area (Å²) in [5.74, 6) is 0.585. The minimum Gasteiger partial charge on any atom is -0.481 e. The zero-order valence-corrected chi connectivity index (χ0v) is 13.9. The van der Waals surface area contributed by atoms with Gasteiger partial charge in [-0.25, -0.2) is 4.98 Å². The first-order chi connectivity index (χ1) is 11.2. The van der Waals surface area contributed by atoms with Gasteiger partial charge in [0.25, 0.3) is 0 Å². The number of nitrogens with zero attached hydrogens (tertiary/aromatic N) is 2. The summed E-state index contributed by atoms with van der Waals surface area (Å²) in [4.78, 5) is 18.8. The average Bonchev–Trinajstić information content (AvgIpc) is 2.55. The van der Waals surface area contributed by atoms with E-state index >= 15 is 0 Å². The fourth-order valence-electron chi connectivity index (χ4n) is 3.47. The number of hydrogen-bond donors (Lipinski definition) is 0. The van der Waals surface area contributed by atoms with E-state index in [9.17, 15) is 4.79 Å². The molecule has 0 N–H and O–H groups in total. The number of esters is 1. The highest BCUT2D eigenvalue weighted by Gasteiger charge is 2.50. The van der Waals surface area contributed by atoms with Gasteiger partial charge in [-0.2, -0.15) is 0 Å². The average molecular weight is 316 g/mol. The van der Waals surface area contributed by atoms with E-state index < -0.39 is 0 Å². The van der Waals surface area contributed by atoms with Gasteiger partial charge in [0, 0.05) is 25.4 Å². The van der Waals surface area contributed by atoms with Crippen molar-refractivity contribution < 1.29 is 14.3 Å². The standard InChI is InChI=1S/C18H24N2O3/c1-3-23-17(21)18(8-4-9-18)20-11-6-14(7-12-20)15-5-10-19-16(13-15)22-2/h5-6,10,13H,3-4,7-9,11-12H2,1-2H3. The molecule has 5 heteroatoms. The Morgan fingerprint density at radius 2 is 2.26 bits per heavy atom. The summed E-state index contributed by atoms with van der Waals surface area (Å²) in [6, 6.07) is 3.97. The number of aromatic nitrogens is 1. The molecule has 1 aliphatic carbocycles. The second-order valence-electron chi connectivity index (χ2n) is 6.12. The van der Waals surface area contributed by atoms with Crippen LogP contribution in [-0.2, 0) is 9.53 Å². The molecule has 23 heavy (non-hydrogen) atoms. The highest BCUT2D eigenvalue weighted by atomic mass is 16.5. The first-order valence-corrected chi connectivity index (χ1v) is 8.31.